The van der Waals surface area contributed by atoms with Gasteiger partial charge in [0.2, 0.25) is 0 Å². The minimum atomic E-state index is -1.13. The highest BCUT2D eigenvalue weighted by molar-refractivity contribution is 5.69. The van der Waals surface area contributed by atoms with Gasteiger partial charge in [-0.15, -0.1) is 0 Å². The molecule has 0 radical (unpaired) electrons. The number of carboxylic acid groups (broad SMARTS) is 1. The van der Waals surface area contributed by atoms with Gasteiger partial charge in [0.15, 0.2) is 0 Å². The molecular weight excluding hydrogens is 224 g/mol. The first kappa shape index (κ1) is 15.9. The summed E-state index contributed by atoms with van der Waals surface area (Å²) in [5.41, 5.74) is 10.2. The molecule has 0 bridgehead atoms. The Morgan fingerprint density at radius 2 is 1.76 bits per heavy atom. The lowest BCUT2D eigenvalue weighted by molar-refractivity contribution is -0.145. The fraction of sp³-hybridized carbons (Fsp3) is 0.818. The Labute approximate surface area is 101 Å². The third-order valence-corrected chi connectivity index (χ3v) is 2.18. The predicted molar refractivity (Wildman–Crippen MR) is 63.0 cm³/mol. The molecule has 0 saturated heterocycles. The maximum absolute atomic E-state index is 11.3. The van der Waals surface area contributed by atoms with E-state index in [1.165, 1.54) is 0 Å². The molecule has 0 aromatic carbocycles. The quantitative estimate of drug-likeness (QED) is 0.423. The number of rotatable bonds is 8. The topological polar surface area (TPSA) is 116 Å². The number of hydrogen-bond donors (Lipinski definition) is 3. The van der Waals surface area contributed by atoms with E-state index in [-0.39, 0.29) is 37.6 Å². The molecule has 5 N–H and O–H groups in total. The summed E-state index contributed by atoms with van der Waals surface area (Å²) in [6.45, 7) is 4.25. The summed E-state index contributed by atoms with van der Waals surface area (Å²) in [6.07, 6.45) is 0.365. The van der Waals surface area contributed by atoms with Gasteiger partial charge in [-0.3, -0.25) is 9.59 Å². The molecule has 0 rings (SSSR count). The first-order valence-corrected chi connectivity index (χ1v) is 5.68. The van der Waals surface area contributed by atoms with E-state index in [4.69, 9.17) is 21.3 Å². The Morgan fingerprint density at radius 3 is 2.24 bits per heavy atom. The molecule has 0 aromatic heterocycles. The zero-order valence-corrected chi connectivity index (χ0v) is 10.4. The first-order chi connectivity index (χ1) is 7.73. The number of nitrogens with two attached hydrogens (primary N) is 2. The molecule has 6 heteroatoms. The normalized spacial score (nSPS) is 11.6. The molecule has 0 atom stereocenters. The summed E-state index contributed by atoms with van der Waals surface area (Å²) < 4.78 is 4.96. The number of aliphatic carboxylic acids is 1. The van der Waals surface area contributed by atoms with Crippen LogP contribution >= 0.6 is 0 Å². The third kappa shape index (κ3) is 9.77. The van der Waals surface area contributed by atoms with Crippen molar-refractivity contribution in [3.63, 3.8) is 0 Å². The average molecular weight is 246 g/mol. The van der Waals surface area contributed by atoms with E-state index in [0.29, 0.717) is 6.61 Å². The number of carboxylic acids is 1. The molecule has 0 unspecified atom stereocenters. The fourth-order valence-corrected chi connectivity index (χ4v) is 1.13. The second-order valence-electron chi connectivity index (χ2n) is 4.70. The molecule has 0 amide bonds. The lowest BCUT2D eigenvalue weighted by Crippen LogP contribution is -2.49. The smallest absolute Gasteiger partial charge is 0.305 e. The van der Waals surface area contributed by atoms with Crippen LogP contribution in [-0.4, -0.2) is 29.3 Å². The van der Waals surface area contributed by atoms with Gasteiger partial charge in [0.1, 0.15) is 0 Å². The van der Waals surface area contributed by atoms with Gasteiger partial charge < -0.3 is 21.3 Å². The van der Waals surface area contributed by atoms with E-state index in [0.717, 1.165) is 0 Å². The third-order valence-electron chi connectivity index (χ3n) is 2.18. The van der Waals surface area contributed by atoms with Crippen molar-refractivity contribution in [2.75, 3.05) is 6.61 Å². The zero-order chi connectivity index (χ0) is 13.5. The number of hydrogen-bond acceptors (Lipinski definition) is 5. The van der Waals surface area contributed by atoms with Crippen molar-refractivity contribution < 1.29 is 19.4 Å². The van der Waals surface area contributed by atoms with Gasteiger partial charge >= 0.3 is 11.9 Å². The highest BCUT2D eigenvalue weighted by Crippen LogP contribution is 2.11. The van der Waals surface area contributed by atoms with Crippen molar-refractivity contribution in [3.05, 3.63) is 0 Å². The Morgan fingerprint density at radius 1 is 1.24 bits per heavy atom. The first-order valence-electron chi connectivity index (χ1n) is 5.68. The molecule has 0 fully saturated rings. The Hall–Kier alpha value is -1.14. The molecule has 17 heavy (non-hydrogen) atoms. The highest BCUT2D eigenvalue weighted by Gasteiger charge is 2.22. The minimum absolute atomic E-state index is 0.103. The zero-order valence-electron chi connectivity index (χ0n) is 10.4. The average Bonchev–Trinajstić information content (AvgIpc) is 2.21. The van der Waals surface area contributed by atoms with Crippen molar-refractivity contribution in [2.24, 2.45) is 17.4 Å². The van der Waals surface area contributed by atoms with Gasteiger partial charge in [0.05, 0.1) is 12.3 Å². The van der Waals surface area contributed by atoms with Crippen molar-refractivity contribution in [3.8, 4) is 0 Å². The van der Waals surface area contributed by atoms with E-state index in [9.17, 15) is 9.59 Å². The molecule has 0 heterocycles. The summed E-state index contributed by atoms with van der Waals surface area (Å²) in [5.74, 6) is -1.02. The Kier molecular flexibility index (Phi) is 6.75. The van der Waals surface area contributed by atoms with Crippen LogP contribution in [0.2, 0.25) is 0 Å². The predicted octanol–water partition coefficient (Wildman–Crippen LogP) is 0.444. The number of ether oxygens (including phenoxy) is 1. The molecule has 6 nitrogen and oxygen atoms in total. The molecular formula is C11H22N2O4. The van der Waals surface area contributed by atoms with E-state index in [1.54, 1.807) is 0 Å². The molecule has 0 aliphatic rings. The van der Waals surface area contributed by atoms with E-state index >= 15 is 0 Å². The maximum Gasteiger partial charge on any atom is 0.305 e. The molecule has 0 aliphatic carbocycles. The Balaban J connectivity index is 3.84. The van der Waals surface area contributed by atoms with Crippen LogP contribution in [-0.2, 0) is 14.3 Å². The van der Waals surface area contributed by atoms with Crippen LogP contribution < -0.4 is 11.5 Å². The monoisotopic (exact) mass is 246 g/mol. The fourth-order valence-electron chi connectivity index (χ4n) is 1.13. The molecule has 0 saturated carbocycles. The molecule has 0 spiro atoms. The maximum atomic E-state index is 11.3. The van der Waals surface area contributed by atoms with Gasteiger partial charge in [-0.25, -0.2) is 0 Å². The lowest BCUT2D eigenvalue weighted by Gasteiger charge is -2.23. The summed E-state index contributed by atoms with van der Waals surface area (Å²) in [6, 6.07) is 0. The SMILES string of the molecule is CC(C)COC(=O)CCC(N)(N)CCC(=O)O. The van der Waals surface area contributed by atoms with Gasteiger partial charge in [-0.2, -0.15) is 0 Å². The van der Waals surface area contributed by atoms with Crippen LogP contribution in [0.1, 0.15) is 39.5 Å². The standard InChI is InChI=1S/C11H22N2O4/c1-8(2)7-17-10(16)4-6-11(12,13)5-3-9(14)15/h8H,3-7,12-13H2,1-2H3,(H,14,15). The molecule has 0 aliphatic heterocycles. The van der Waals surface area contributed by atoms with Crippen LogP contribution in [0.15, 0.2) is 0 Å². The number of esters is 1. The van der Waals surface area contributed by atoms with Crippen molar-refractivity contribution in [1.29, 1.82) is 0 Å². The second-order valence-corrected chi connectivity index (χ2v) is 4.70. The van der Waals surface area contributed by atoms with Gasteiger partial charge in [0, 0.05) is 12.8 Å². The van der Waals surface area contributed by atoms with Crippen molar-refractivity contribution in [2.45, 2.75) is 45.2 Å². The van der Waals surface area contributed by atoms with Crippen molar-refractivity contribution in [1.82, 2.24) is 0 Å². The van der Waals surface area contributed by atoms with Crippen molar-refractivity contribution >= 4 is 11.9 Å². The van der Waals surface area contributed by atoms with Crippen LogP contribution in [0.3, 0.4) is 0 Å². The Bertz CT molecular complexity index is 264. The molecule has 100 valence electrons. The van der Waals surface area contributed by atoms with Crippen LogP contribution in [0.25, 0.3) is 0 Å². The lowest BCUT2D eigenvalue weighted by atomic mass is 10.00. The summed E-state index contributed by atoms with van der Waals surface area (Å²) in [4.78, 5) is 21.6. The van der Waals surface area contributed by atoms with Crippen LogP contribution in [0.4, 0.5) is 0 Å². The largest absolute Gasteiger partial charge is 0.481 e. The summed E-state index contributed by atoms with van der Waals surface area (Å²) in [5, 5.41) is 8.50. The summed E-state index contributed by atoms with van der Waals surface area (Å²) in [7, 11) is 0. The van der Waals surface area contributed by atoms with E-state index < -0.39 is 11.6 Å². The van der Waals surface area contributed by atoms with Gasteiger partial charge in [-0.05, 0) is 18.8 Å². The summed E-state index contributed by atoms with van der Waals surface area (Å²) >= 11 is 0. The van der Waals surface area contributed by atoms with Crippen LogP contribution in [0.5, 0.6) is 0 Å². The highest BCUT2D eigenvalue weighted by atomic mass is 16.5. The van der Waals surface area contributed by atoms with E-state index in [2.05, 4.69) is 0 Å². The minimum Gasteiger partial charge on any atom is -0.481 e. The molecule has 0 aromatic rings. The number of carbonyl (C=O) groups is 2. The van der Waals surface area contributed by atoms with E-state index in [1.807, 2.05) is 13.8 Å². The second kappa shape index (κ2) is 7.24. The van der Waals surface area contributed by atoms with Gasteiger partial charge in [0.25, 0.3) is 0 Å². The van der Waals surface area contributed by atoms with Gasteiger partial charge in [-0.1, -0.05) is 13.8 Å². The van der Waals surface area contributed by atoms with Crippen LogP contribution in [0, 0.1) is 5.92 Å². The number of carbonyl (C=O) groups excluding carboxylic acids is 1.